The van der Waals surface area contributed by atoms with Gasteiger partial charge in [0.2, 0.25) is 0 Å². The van der Waals surface area contributed by atoms with Crippen LogP contribution in [0, 0.1) is 0 Å². The van der Waals surface area contributed by atoms with Gasteiger partial charge in [0, 0.05) is 10.9 Å². The van der Waals surface area contributed by atoms with Crippen LogP contribution in [-0.2, 0) is 0 Å². The zero-order valence-corrected chi connectivity index (χ0v) is 6.13. The lowest BCUT2D eigenvalue weighted by Crippen LogP contribution is -1.81. The molecule has 0 N–H and O–H groups in total. The Morgan fingerprint density at radius 3 is 2.75 bits per heavy atom. The number of rotatable bonds is 1. The molecule has 3 heteroatoms. The molecule has 12 heavy (non-hydrogen) atoms. The van der Waals surface area contributed by atoms with Gasteiger partial charge >= 0.3 is 0 Å². The van der Waals surface area contributed by atoms with Crippen LogP contribution < -0.4 is 0 Å². The standard InChI is InChI=1S/C9H6F2O/c10-9(11)7-2-1-6-3-4-12-8(6)5-7/h1-5,9H. The Balaban J connectivity index is 2.60. The highest BCUT2D eigenvalue weighted by Crippen LogP contribution is 2.23. The second-order valence-electron chi connectivity index (χ2n) is 2.52. The average Bonchev–Trinajstić information content (AvgIpc) is 2.49. The molecule has 0 saturated carbocycles. The summed E-state index contributed by atoms with van der Waals surface area (Å²) in [4.78, 5) is 0. The number of fused-ring (bicyclic) bond motifs is 1. The van der Waals surface area contributed by atoms with Gasteiger partial charge in [-0.15, -0.1) is 0 Å². The summed E-state index contributed by atoms with van der Waals surface area (Å²) >= 11 is 0. The first-order chi connectivity index (χ1) is 5.77. The largest absolute Gasteiger partial charge is 0.464 e. The lowest BCUT2D eigenvalue weighted by atomic mass is 10.2. The summed E-state index contributed by atoms with van der Waals surface area (Å²) in [5.41, 5.74) is 0.505. The molecule has 2 rings (SSSR count). The van der Waals surface area contributed by atoms with Crippen molar-refractivity contribution in [2.75, 3.05) is 0 Å². The highest BCUT2D eigenvalue weighted by atomic mass is 19.3. The Hall–Kier alpha value is -1.38. The number of halogens is 2. The van der Waals surface area contributed by atoms with Crippen molar-refractivity contribution in [2.45, 2.75) is 6.43 Å². The molecule has 2 aromatic rings. The van der Waals surface area contributed by atoms with E-state index in [9.17, 15) is 8.78 Å². The topological polar surface area (TPSA) is 13.1 Å². The van der Waals surface area contributed by atoms with Crippen molar-refractivity contribution in [3.63, 3.8) is 0 Å². The molecule has 1 aromatic carbocycles. The third kappa shape index (κ3) is 1.07. The van der Waals surface area contributed by atoms with Gasteiger partial charge in [-0.25, -0.2) is 8.78 Å². The minimum atomic E-state index is -2.43. The molecule has 0 aliphatic heterocycles. The Bertz CT molecular complexity index is 392. The van der Waals surface area contributed by atoms with Crippen molar-refractivity contribution in [1.29, 1.82) is 0 Å². The maximum Gasteiger partial charge on any atom is 0.263 e. The summed E-state index contributed by atoms with van der Waals surface area (Å²) < 4.78 is 29.3. The van der Waals surface area contributed by atoms with Crippen LogP contribution in [0.15, 0.2) is 34.9 Å². The van der Waals surface area contributed by atoms with Gasteiger partial charge in [0.15, 0.2) is 0 Å². The maximum atomic E-state index is 12.2. The van der Waals surface area contributed by atoms with E-state index in [-0.39, 0.29) is 5.56 Å². The Kier molecular flexibility index (Phi) is 1.57. The van der Waals surface area contributed by atoms with E-state index in [2.05, 4.69) is 0 Å². The second kappa shape index (κ2) is 2.59. The fourth-order valence-corrected chi connectivity index (χ4v) is 1.11. The summed E-state index contributed by atoms with van der Waals surface area (Å²) in [5.74, 6) is 0. The monoisotopic (exact) mass is 168 g/mol. The van der Waals surface area contributed by atoms with E-state index in [1.165, 1.54) is 18.4 Å². The molecule has 1 heterocycles. The van der Waals surface area contributed by atoms with E-state index in [0.717, 1.165) is 5.39 Å². The summed E-state index contributed by atoms with van der Waals surface area (Å²) in [6.45, 7) is 0. The second-order valence-corrected chi connectivity index (χ2v) is 2.52. The minimum Gasteiger partial charge on any atom is -0.464 e. The third-order valence-electron chi connectivity index (χ3n) is 1.73. The van der Waals surface area contributed by atoms with Crippen LogP contribution in [0.2, 0.25) is 0 Å². The van der Waals surface area contributed by atoms with Gasteiger partial charge in [-0.1, -0.05) is 12.1 Å². The van der Waals surface area contributed by atoms with E-state index < -0.39 is 6.43 Å². The average molecular weight is 168 g/mol. The van der Waals surface area contributed by atoms with Gasteiger partial charge in [0.1, 0.15) is 5.58 Å². The number of furan rings is 1. The highest BCUT2D eigenvalue weighted by Gasteiger charge is 2.07. The van der Waals surface area contributed by atoms with E-state index in [1.54, 1.807) is 12.1 Å². The van der Waals surface area contributed by atoms with Crippen LogP contribution in [0.4, 0.5) is 8.78 Å². The number of hydrogen-bond acceptors (Lipinski definition) is 1. The summed E-state index contributed by atoms with van der Waals surface area (Å²) in [7, 11) is 0. The fourth-order valence-electron chi connectivity index (χ4n) is 1.11. The molecule has 1 aromatic heterocycles. The molecule has 1 nitrogen and oxygen atoms in total. The van der Waals surface area contributed by atoms with Gasteiger partial charge in [0.05, 0.1) is 6.26 Å². The molecule has 0 bridgehead atoms. The zero-order valence-electron chi connectivity index (χ0n) is 6.13. The Labute approximate surface area is 67.6 Å². The predicted octanol–water partition coefficient (Wildman–Crippen LogP) is 3.37. The molecular formula is C9H6F2O. The minimum absolute atomic E-state index is 0.00236. The first-order valence-corrected chi connectivity index (χ1v) is 3.52. The molecule has 62 valence electrons. The first-order valence-electron chi connectivity index (χ1n) is 3.52. The van der Waals surface area contributed by atoms with Crippen molar-refractivity contribution >= 4 is 11.0 Å². The Morgan fingerprint density at radius 1 is 1.17 bits per heavy atom. The molecule has 0 radical (unpaired) electrons. The number of hydrogen-bond donors (Lipinski definition) is 0. The molecule has 0 atom stereocenters. The van der Waals surface area contributed by atoms with Crippen molar-refractivity contribution < 1.29 is 13.2 Å². The van der Waals surface area contributed by atoms with Crippen LogP contribution in [0.3, 0.4) is 0 Å². The normalized spacial score (nSPS) is 11.2. The van der Waals surface area contributed by atoms with Crippen LogP contribution in [0.25, 0.3) is 11.0 Å². The van der Waals surface area contributed by atoms with Gasteiger partial charge in [-0.05, 0) is 12.1 Å². The van der Waals surface area contributed by atoms with Gasteiger partial charge < -0.3 is 4.42 Å². The van der Waals surface area contributed by atoms with Crippen molar-refractivity contribution in [3.8, 4) is 0 Å². The first kappa shape index (κ1) is 7.28. The molecule has 0 fully saturated rings. The molecular weight excluding hydrogens is 162 g/mol. The highest BCUT2D eigenvalue weighted by molar-refractivity contribution is 5.77. The molecule has 0 amide bonds. The molecule has 0 spiro atoms. The van der Waals surface area contributed by atoms with Gasteiger partial charge in [-0.3, -0.25) is 0 Å². The lowest BCUT2D eigenvalue weighted by Gasteiger charge is -1.97. The smallest absolute Gasteiger partial charge is 0.263 e. The van der Waals surface area contributed by atoms with Crippen LogP contribution in [-0.4, -0.2) is 0 Å². The van der Waals surface area contributed by atoms with Crippen molar-refractivity contribution in [2.24, 2.45) is 0 Å². The van der Waals surface area contributed by atoms with Crippen molar-refractivity contribution in [3.05, 3.63) is 36.1 Å². The summed E-state index contributed by atoms with van der Waals surface area (Å²) in [6, 6.07) is 6.13. The van der Waals surface area contributed by atoms with Gasteiger partial charge in [0.25, 0.3) is 6.43 Å². The summed E-state index contributed by atoms with van der Waals surface area (Å²) in [5, 5.41) is 0.847. The van der Waals surface area contributed by atoms with Crippen LogP contribution in [0.1, 0.15) is 12.0 Å². The van der Waals surface area contributed by atoms with Crippen LogP contribution in [0.5, 0.6) is 0 Å². The fraction of sp³-hybridized carbons (Fsp3) is 0.111. The molecule has 0 aliphatic carbocycles. The lowest BCUT2D eigenvalue weighted by molar-refractivity contribution is 0.151. The molecule has 0 unspecified atom stereocenters. The zero-order chi connectivity index (χ0) is 8.55. The molecule has 0 saturated heterocycles. The van der Waals surface area contributed by atoms with Crippen LogP contribution >= 0.6 is 0 Å². The van der Waals surface area contributed by atoms with E-state index in [1.807, 2.05) is 0 Å². The Morgan fingerprint density at radius 2 is 2.00 bits per heavy atom. The SMILES string of the molecule is FC(F)c1ccc2ccoc2c1. The van der Waals surface area contributed by atoms with Gasteiger partial charge in [-0.2, -0.15) is 0 Å². The predicted molar refractivity (Wildman–Crippen MR) is 41.2 cm³/mol. The number of alkyl halides is 2. The van der Waals surface area contributed by atoms with E-state index in [4.69, 9.17) is 4.42 Å². The van der Waals surface area contributed by atoms with E-state index >= 15 is 0 Å². The molecule has 0 aliphatic rings. The summed E-state index contributed by atoms with van der Waals surface area (Å²) in [6.07, 6.45) is -0.945. The van der Waals surface area contributed by atoms with Crippen molar-refractivity contribution in [1.82, 2.24) is 0 Å². The van der Waals surface area contributed by atoms with E-state index in [0.29, 0.717) is 5.58 Å². The number of benzene rings is 1. The maximum absolute atomic E-state index is 12.2. The third-order valence-corrected chi connectivity index (χ3v) is 1.73. The quantitative estimate of drug-likeness (QED) is 0.636.